The lowest BCUT2D eigenvalue weighted by atomic mass is 10.2. The Morgan fingerprint density at radius 3 is 1.65 bits per heavy atom. The Bertz CT molecular complexity index is 613. The van der Waals surface area contributed by atoms with Gasteiger partial charge in [0.15, 0.2) is 0 Å². The van der Waals surface area contributed by atoms with Gasteiger partial charge in [0.25, 0.3) is 0 Å². The standard InChI is InChI=1S/C16H17O3P/c1-4-20(17,18-15-11-7-5-9-13(15)2)19-16-12-8-6-10-14(16)3/h4-12H,1H2,2-3H3. The topological polar surface area (TPSA) is 35.5 Å². The van der Waals surface area contributed by atoms with Crippen LogP contribution in [0.1, 0.15) is 11.1 Å². The lowest BCUT2D eigenvalue weighted by Gasteiger charge is -2.18. The highest BCUT2D eigenvalue weighted by molar-refractivity contribution is 7.58. The van der Waals surface area contributed by atoms with E-state index in [-0.39, 0.29) is 0 Å². The summed E-state index contributed by atoms with van der Waals surface area (Å²) in [5, 5.41) is 0. The molecule has 0 unspecified atom stereocenters. The second kappa shape index (κ2) is 5.98. The fourth-order valence-corrected chi connectivity index (χ4v) is 2.83. The normalized spacial score (nSPS) is 10.9. The molecule has 0 fully saturated rings. The number of rotatable bonds is 5. The quantitative estimate of drug-likeness (QED) is 0.718. The Morgan fingerprint density at radius 1 is 0.900 bits per heavy atom. The molecule has 104 valence electrons. The van der Waals surface area contributed by atoms with Crippen molar-refractivity contribution in [3.8, 4) is 11.5 Å². The molecule has 2 aromatic rings. The zero-order valence-corrected chi connectivity index (χ0v) is 12.5. The molecule has 2 rings (SSSR count). The van der Waals surface area contributed by atoms with Crippen LogP contribution >= 0.6 is 7.60 Å². The molecule has 0 radical (unpaired) electrons. The molecule has 0 saturated heterocycles. The van der Waals surface area contributed by atoms with Crippen molar-refractivity contribution in [2.45, 2.75) is 13.8 Å². The van der Waals surface area contributed by atoms with Gasteiger partial charge >= 0.3 is 7.60 Å². The first-order valence-corrected chi connectivity index (χ1v) is 7.89. The van der Waals surface area contributed by atoms with Crippen LogP contribution in [0.3, 0.4) is 0 Å². The number of hydrogen-bond acceptors (Lipinski definition) is 3. The molecule has 0 aliphatic rings. The highest BCUT2D eigenvalue weighted by atomic mass is 31.2. The second-order valence-corrected chi connectivity index (χ2v) is 6.25. The van der Waals surface area contributed by atoms with Crippen LogP contribution in [0.5, 0.6) is 11.5 Å². The maximum absolute atomic E-state index is 12.7. The molecule has 0 aliphatic carbocycles. The van der Waals surface area contributed by atoms with Gasteiger partial charge in [-0.25, -0.2) is 4.57 Å². The monoisotopic (exact) mass is 288 g/mol. The number of benzene rings is 2. The predicted octanol–water partition coefficient (Wildman–Crippen LogP) is 5.10. The fourth-order valence-electron chi connectivity index (χ4n) is 1.69. The third-order valence-corrected chi connectivity index (χ3v) is 4.21. The van der Waals surface area contributed by atoms with Crippen LogP contribution in [0.25, 0.3) is 0 Å². The van der Waals surface area contributed by atoms with Gasteiger partial charge in [-0.1, -0.05) is 43.0 Å². The van der Waals surface area contributed by atoms with Crippen LogP contribution in [0, 0.1) is 13.8 Å². The predicted molar refractivity (Wildman–Crippen MR) is 81.4 cm³/mol. The van der Waals surface area contributed by atoms with Gasteiger partial charge < -0.3 is 9.05 Å². The Hall–Kier alpha value is -1.99. The molecule has 20 heavy (non-hydrogen) atoms. The van der Waals surface area contributed by atoms with Gasteiger partial charge in [-0.2, -0.15) is 0 Å². The lowest BCUT2D eigenvalue weighted by molar-refractivity contribution is 0.396. The molecule has 0 spiro atoms. The van der Waals surface area contributed by atoms with Crippen molar-refractivity contribution in [1.29, 1.82) is 0 Å². The molecule has 0 bridgehead atoms. The molecule has 0 amide bonds. The zero-order valence-electron chi connectivity index (χ0n) is 11.6. The van der Waals surface area contributed by atoms with E-state index in [1.807, 2.05) is 50.2 Å². The molecule has 0 saturated carbocycles. The van der Waals surface area contributed by atoms with Crippen molar-refractivity contribution in [2.75, 3.05) is 0 Å². The van der Waals surface area contributed by atoms with Gasteiger partial charge in [0.2, 0.25) is 0 Å². The molecular weight excluding hydrogens is 271 g/mol. The average molecular weight is 288 g/mol. The number of para-hydroxylation sites is 2. The molecular formula is C16H17O3P. The Labute approximate surface area is 119 Å². The van der Waals surface area contributed by atoms with Crippen LogP contribution in [0.4, 0.5) is 0 Å². The molecule has 0 aliphatic heterocycles. The van der Waals surface area contributed by atoms with Crippen LogP contribution in [0.15, 0.2) is 60.9 Å². The minimum Gasteiger partial charge on any atom is -0.413 e. The van der Waals surface area contributed by atoms with Gasteiger partial charge in [0.05, 0.1) is 0 Å². The summed E-state index contributed by atoms with van der Waals surface area (Å²) in [7, 11) is -3.43. The molecule has 0 heterocycles. The van der Waals surface area contributed by atoms with Gasteiger partial charge in [0.1, 0.15) is 11.5 Å². The molecule has 0 N–H and O–H groups in total. The van der Waals surface area contributed by atoms with Crippen molar-refractivity contribution in [1.82, 2.24) is 0 Å². The van der Waals surface area contributed by atoms with E-state index in [4.69, 9.17) is 9.05 Å². The van der Waals surface area contributed by atoms with Gasteiger partial charge in [-0.15, -0.1) is 0 Å². The minimum absolute atomic E-state index is 0.532. The van der Waals surface area contributed by atoms with E-state index < -0.39 is 7.60 Å². The first-order chi connectivity index (χ1) is 9.54. The van der Waals surface area contributed by atoms with E-state index in [2.05, 4.69) is 6.58 Å². The van der Waals surface area contributed by atoms with Crippen LogP contribution < -0.4 is 9.05 Å². The maximum atomic E-state index is 12.7. The van der Waals surface area contributed by atoms with Crippen LogP contribution in [-0.4, -0.2) is 0 Å². The second-order valence-electron chi connectivity index (χ2n) is 4.44. The lowest BCUT2D eigenvalue weighted by Crippen LogP contribution is -2.00. The first-order valence-electron chi connectivity index (χ1n) is 6.28. The average Bonchev–Trinajstić information content (AvgIpc) is 2.44. The molecule has 0 atom stereocenters. The number of aryl methyl sites for hydroxylation is 2. The smallest absolute Gasteiger partial charge is 0.413 e. The highest BCUT2D eigenvalue weighted by Crippen LogP contribution is 2.50. The van der Waals surface area contributed by atoms with Crippen molar-refractivity contribution in [3.63, 3.8) is 0 Å². The summed E-state index contributed by atoms with van der Waals surface area (Å²) >= 11 is 0. The summed E-state index contributed by atoms with van der Waals surface area (Å²) in [4.78, 5) is 0. The van der Waals surface area contributed by atoms with E-state index in [9.17, 15) is 4.57 Å². The Balaban J connectivity index is 2.27. The van der Waals surface area contributed by atoms with Crippen molar-refractivity contribution >= 4 is 7.60 Å². The SMILES string of the molecule is C=CP(=O)(Oc1ccccc1C)Oc1ccccc1C. The van der Waals surface area contributed by atoms with E-state index >= 15 is 0 Å². The van der Waals surface area contributed by atoms with Crippen molar-refractivity contribution in [3.05, 3.63) is 72.1 Å². The summed E-state index contributed by atoms with van der Waals surface area (Å²) < 4.78 is 23.8. The van der Waals surface area contributed by atoms with Crippen molar-refractivity contribution in [2.24, 2.45) is 0 Å². The largest absolute Gasteiger partial charge is 0.455 e. The molecule has 3 nitrogen and oxygen atoms in total. The summed E-state index contributed by atoms with van der Waals surface area (Å²) in [6, 6.07) is 14.7. The van der Waals surface area contributed by atoms with E-state index in [1.165, 1.54) is 5.82 Å². The van der Waals surface area contributed by atoms with Crippen LogP contribution in [0.2, 0.25) is 0 Å². The molecule has 0 aromatic heterocycles. The fraction of sp³-hybridized carbons (Fsp3) is 0.125. The van der Waals surface area contributed by atoms with E-state index in [0.29, 0.717) is 11.5 Å². The third-order valence-electron chi connectivity index (χ3n) is 2.86. The third kappa shape index (κ3) is 3.31. The number of hydrogen-bond donors (Lipinski definition) is 0. The van der Waals surface area contributed by atoms with Gasteiger partial charge in [-0.3, -0.25) is 0 Å². The summed E-state index contributed by atoms with van der Waals surface area (Å²) in [6.07, 6.45) is 0. The first kappa shape index (κ1) is 14.4. The molecule has 2 aromatic carbocycles. The molecule has 4 heteroatoms. The zero-order chi connectivity index (χ0) is 14.6. The Kier molecular flexibility index (Phi) is 4.31. The summed E-state index contributed by atoms with van der Waals surface area (Å²) in [5.74, 6) is 2.29. The summed E-state index contributed by atoms with van der Waals surface area (Å²) in [5.41, 5.74) is 1.78. The maximum Gasteiger partial charge on any atom is 0.455 e. The van der Waals surface area contributed by atoms with E-state index in [0.717, 1.165) is 11.1 Å². The van der Waals surface area contributed by atoms with E-state index in [1.54, 1.807) is 12.1 Å². The minimum atomic E-state index is -3.43. The summed E-state index contributed by atoms with van der Waals surface area (Å²) in [6.45, 7) is 7.34. The van der Waals surface area contributed by atoms with Crippen LogP contribution in [-0.2, 0) is 4.57 Å². The highest BCUT2D eigenvalue weighted by Gasteiger charge is 2.24. The van der Waals surface area contributed by atoms with Gasteiger partial charge in [-0.05, 0) is 37.1 Å². The van der Waals surface area contributed by atoms with Crippen molar-refractivity contribution < 1.29 is 13.6 Å². The van der Waals surface area contributed by atoms with Gasteiger partial charge in [0, 0.05) is 5.82 Å². The Morgan fingerprint density at radius 2 is 1.30 bits per heavy atom.